The highest BCUT2D eigenvalue weighted by Gasteiger charge is 2.08. The van der Waals surface area contributed by atoms with Crippen LogP contribution in [0.3, 0.4) is 0 Å². The second kappa shape index (κ2) is 6.92. The van der Waals surface area contributed by atoms with Gasteiger partial charge in [-0.2, -0.15) is 0 Å². The van der Waals surface area contributed by atoms with Crippen molar-refractivity contribution in [3.05, 3.63) is 87.8 Å². The van der Waals surface area contributed by atoms with Crippen LogP contribution >= 0.6 is 0 Å². The first-order chi connectivity index (χ1) is 11.2. The minimum Gasteiger partial charge on any atom is -0.326 e. The van der Waals surface area contributed by atoms with Crippen molar-refractivity contribution in [1.82, 2.24) is 9.97 Å². The Morgan fingerprint density at radius 3 is 2.26 bits per heavy atom. The summed E-state index contributed by atoms with van der Waals surface area (Å²) in [6.07, 6.45) is 1.52. The predicted molar refractivity (Wildman–Crippen MR) is 93.2 cm³/mol. The molecule has 0 aliphatic rings. The van der Waals surface area contributed by atoms with E-state index < -0.39 is 0 Å². The molecule has 23 heavy (non-hydrogen) atoms. The molecule has 1 heterocycles. The van der Waals surface area contributed by atoms with Gasteiger partial charge in [-0.15, -0.1) is 0 Å². The van der Waals surface area contributed by atoms with Crippen LogP contribution in [0.2, 0.25) is 0 Å². The monoisotopic (exact) mass is 305 g/mol. The first kappa shape index (κ1) is 15.0. The van der Waals surface area contributed by atoms with Gasteiger partial charge in [0.25, 0.3) is 5.56 Å². The molecule has 116 valence electrons. The van der Waals surface area contributed by atoms with Gasteiger partial charge in [0.05, 0.1) is 0 Å². The third-order valence-electron chi connectivity index (χ3n) is 3.77. The number of nitrogens with zero attached hydrogens (tertiary/aromatic N) is 1. The van der Waals surface area contributed by atoms with Crippen LogP contribution in [0.1, 0.15) is 16.8 Å². The van der Waals surface area contributed by atoms with Crippen LogP contribution in [0.4, 0.5) is 11.6 Å². The number of H-pyrrole nitrogens is 1. The zero-order chi connectivity index (χ0) is 16.1. The maximum absolute atomic E-state index is 12.3. The van der Waals surface area contributed by atoms with Crippen molar-refractivity contribution in [1.29, 1.82) is 0 Å². The second-order valence-corrected chi connectivity index (χ2v) is 5.46. The molecule has 1 aromatic heterocycles. The number of rotatable bonds is 5. The number of benzene rings is 2. The molecule has 0 aliphatic carbocycles. The zero-order valence-electron chi connectivity index (χ0n) is 13.0. The second-order valence-electron chi connectivity index (χ2n) is 5.46. The molecule has 0 spiro atoms. The molecule has 0 radical (unpaired) electrons. The highest BCUT2D eigenvalue weighted by Crippen LogP contribution is 2.13. The van der Waals surface area contributed by atoms with E-state index in [0.29, 0.717) is 12.4 Å². The summed E-state index contributed by atoms with van der Waals surface area (Å²) in [6, 6.07) is 19.8. The number of aromatic amines is 1. The fourth-order valence-electron chi connectivity index (χ4n) is 2.54. The first-order valence-corrected chi connectivity index (χ1v) is 7.68. The molecule has 0 atom stereocenters. The minimum atomic E-state index is -0.0770. The van der Waals surface area contributed by atoms with Gasteiger partial charge < -0.3 is 5.32 Å². The van der Waals surface area contributed by atoms with Gasteiger partial charge in [-0.1, -0.05) is 48.5 Å². The molecule has 0 amide bonds. The summed E-state index contributed by atoms with van der Waals surface area (Å²) in [6.45, 7) is 1.88. The standard InChI is InChI=1S/C19H19N3O/c1-14-17(13-12-15-8-4-2-5-9-15)18(23)22-19(20-14)21-16-10-6-3-7-11-16/h2-11H,12-13H2,1H3,(H2,20,21,22,23). The van der Waals surface area contributed by atoms with E-state index in [-0.39, 0.29) is 5.56 Å². The average molecular weight is 305 g/mol. The number of anilines is 2. The van der Waals surface area contributed by atoms with Gasteiger partial charge in [-0.05, 0) is 37.5 Å². The smallest absolute Gasteiger partial charge is 0.255 e. The van der Waals surface area contributed by atoms with Crippen LogP contribution in [0, 0.1) is 6.92 Å². The molecule has 0 aliphatic heterocycles. The first-order valence-electron chi connectivity index (χ1n) is 7.68. The number of para-hydroxylation sites is 1. The largest absolute Gasteiger partial charge is 0.326 e. The van der Waals surface area contributed by atoms with E-state index in [1.165, 1.54) is 5.56 Å². The van der Waals surface area contributed by atoms with E-state index in [4.69, 9.17) is 0 Å². The molecule has 0 saturated carbocycles. The Morgan fingerprint density at radius 2 is 1.61 bits per heavy atom. The van der Waals surface area contributed by atoms with Gasteiger partial charge in [-0.3, -0.25) is 9.78 Å². The minimum absolute atomic E-state index is 0.0770. The van der Waals surface area contributed by atoms with Gasteiger partial charge in [-0.25, -0.2) is 4.98 Å². The number of hydrogen-bond donors (Lipinski definition) is 2. The number of aromatic nitrogens is 2. The summed E-state index contributed by atoms with van der Waals surface area (Å²) in [5.41, 5.74) is 3.55. The zero-order valence-corrected chi connectivity index (χ0v) is 13.0. The lowest BCUT2D eigenvalue weighted by molar-refractivity contribution is 0.893. The maximum atomic E-state index is 12.3. The summed E-state index contributed by atoms with van der Waals surface area (Å²) in [5.74, 6) is 0.474. The third kappa shape index (κ3) is 3.86. The van der Waals surface area contributed by atoms with Crippen LogP contribution in [0.5, 0.6) is 0 Å². The number of hydrogen-bond acceptors (Lipinski definition) is 3. The molecular weight excluding hydrogens is 286 g/mol. The lowest BCUT2D eigenvalue weighted by atomic mass is 10.0. The van der Waals surface area contributed by atoms with Crippen molar-refractivity contribution < 1.29 is 0 Å². The van der Waals surface area contributed by atoms with Crippen LogP contribution in [-0.4, -0.2) is 9.97 Å². The van der Waals surface area contributed by atoms with Crippen LogP contribution < -0.4 is 10.9 Å². The van der Waals surface area contributed by atoms with E-state index >= 15 is 0 Å². The Balaban J connectivity index is 1.76. The Bertz CT molecular complexity index is 826. The summed E-state index contributed by atoms with van der Waals surface area (Å²) >= 11 is 0. The van der Waals surface area contributed by atoms with Crippen molar-refractivity contribution in [3.63, 3.8) is 0 Å². The summed E-state index contributed by atoms with van der Waals surface area (Å²) in [7, 11) is 0. The fraction of sp³-hybridized carbons (Fsp3) is 0.158. The van der Waals surface area contributed by atoms with E-state index in [9.17, 15) is 4.79 Å². The third-order valence-corrected chi connectivity index (χ3v) is 3.77. The fourth-order valence-corrected chi connectivity index (χ4v) is 2.54. The molecule has 0 fully saturated rings. The molecule has 0 unspecified atom stereocenters. The van der Waals surface area contributed by atoms with Gasteiger partial charge in [0.15, 0.2) is 0 Å². The Morgan fingerprint density at radius 1 is 0.957 bits per heavy atom. The van der Waals surface area contributed by atoms with Crippen LogP contribution in [0.15, 0.2) is 65.5 Å². The molecule has 0 bridgehead atoms. The average Bonchev–Trinajstić information content (AvgIpc) is 2.56. The predicted octanol–water partition coefficient (Wildman–Crippen LogP) is 3.61. The van der Waals surface area contributed by atoms with Crippen LogP contribution in [-0.2, 0) is 12.8 Å². The Hall–Kier alpha value is -2.88. The van der Waals surface area contributed by atoms with Crippen molar-refractivity contribution in [2.75, 3.05) is 5.32 Å². The normalized spacial score (nSPS) is 10.5. The van der Waals surface area contributed by atoms with E-state index in [1.54, 1.807) is 0 Å². The van der Waals surface area contributed by atoms with Gasteiger partial charge >= 0.3 is 0 Å². The van der Waals surface area contributed by atoms with Gasteiger partial charge in [0.1, 0.15) is 0 Å². The van der Waals surface area contributed by atoms with Crippen molar-refractivity contribution in [2.45, 2.75) is 19.8 Å². The number of aryl methyl sites for hydroxylation is 2. The Labute approximate surface area is 135 Å². The summed E-state index contributed by atoms with van der Waals surface area (Å²) in [4.78, 5) is 19.6. The molecule has 2 aromatic carbocycles. The van der Waals surface area contributed by atoms with Gasteiger partial charge in [0.2, 0.25) is 5.95 Å². The topological polar surface area (TPSA) is 57.8 Å². The molecule has 4 heteroatoms. The highest BCUT2D eigenvalue weighted by molar-refractivity contribution is 5.52. The van der Waals surface area contributed by atoms with Crippen LogP contribution in [0.25, 0.3) is 0 Å². The van der Waals surface area contributed by atoms with E-state index in [2.05, 4.69) is 27.4 Å². The molecule has 2 N–H and O–H groups in total. The van der Waals surface area contributed by atoms with Crippen molar-refractivity contribution in [3.8, 4) is 0 Å². The summed E-state index contributed by atoms with van der Waals surface area (Å²) < 4.78 is 0. The molecule has 0 saturated heterocycles. The quantitative estimate of drug-likeness (QED) is 0.757. The summed E-state index contributed by atoms with van der Waals surface area (Å²) in [5, 5.41) is 3.12. The molecular formula is C19H19N3O. The van der Waals surface area contributed by atoms with Crippen molar-refractivity contribution >= 4 is 11.6 Å². The van der Waals surface area contributed by atoms with E-state index in [1.807, 2.05) is 55.5 Å². The van der Waals surface area contributed by atoms with Gasteiger partial charge in [0, 0.05) is 16.9 Å². The lowest BCUT2D eigenvalue weighted by Crippen LogP contribution is -2.19. The van der Waals surface area contributed by atoms with Crippen molar-refractivity contribution in [2.24, 2.45) is 0 Å². The molecule has 4 nitrogen and oxygen atoms in total. The SMILES string of the molecule is Cc1nc(Nc2ccccc2)[nH]c(=O)c1CCc1ccccc1. The number of nitrogens with one attached hydrogen (secondary N) is 2. The Kier molecular flexibility index (Phi) is 4.52. The lowest BCUT2D eigenvalue weighted by Gasteiger charge is -2.09. The molecule has 3 rings (SSSR count). The maximum Gasteiger partial charge on any atom is 0.255 e. The molecule has 3 aromatic rings. The van der Waals surface area contributed by atoms with E-state index in [0.717, 1.165) is 23.4 Å². The highest BCUT2D eigenvalue weighted by atomic mass is 16.1.